The Hall–Kier alpha value is -4.33. The van der Waals surface area contributed by atoms with Crippen molar-refractivity contribution in [1.82, 2.24) is 10.2 Å². The third-order valence-corrected chi connectivity index (χ3v) is 4.29. The Labute approximate surface area is 166 Å². The summed E-state index contributed by atoms with van der Waals surface area (Å²) < 4.78 is 0. The topological polar surface area (TPSA) is 125 Å². The maximum atomic E-state index is 12.7. The lowest BCUT2D eigenvalue weighted by Crippen LogP contribution is -2.19. The Balaban J connectivity index is 1.42. The van der Waals surface area contributed by atoms with E-state index in [1.807, 2.05) is 18.2 Å². The van der Waals surface area contributed by atoms with Gasteiger partial charge in [-0.2, -0.15) is 5.10 Å². The predicted molar refractivity (Wildman–Crippen MR) is 114 cm³/mol. The number of amides is 3. The molecule has 0 atom stereocenters. The molecule has 0 aliphatic heterocycles. The fraction of sp³-hybridized carbons (Fsp3) is 0. The Kier molecular flexibility index (Phi) is 4.81. The van der Waals surface area contributed by atoms with Crippen molar-refractivity contribution in [2.45, 2.75) is 0 Å². The molecule has 0 radical (unpaired) electrons. The van der Waals surface area contributed by atoms with Crippen LogP contribution < -0.4 is 21.7 Å². The van der Waals surface area contributed by atoms with Gasteiger partial charge in [-0.05, 0) is 48.5 Å². The lowest BCUT2D eigenvalue weighted by atomic mass is 10.1. The first kappa shape index (κ1) is 18.1. The number of benzene rings is 3. The molecule has 0 aliphatic rings. The van der Waals surface area contributed by atoms with E-state index < -0.39 is 0 Å². The number of nitrogens with zero attached hydrogens (tertiary/aromatic N) is 1. The van der Waals surface area contributed by atoms with Crippen LogP contribution in [0.3, 0.4) is 0 Å². The molecule has 0 saturated carbocycles. The van der Waals surface area contributed by atoms with Gasteiger partial charge in [-0.25, -0.2) is 4.79 Å². The van der Waals surface area contributed by atoms with Crippen LogP contribution in [0.1, 0.15) is 10.4 Å². The summed E-state index contributed by atoms with van der Waals surface area (Å²) in [5.41, 5.74) is 8.86. The normalized spacial score (nSPS) is 10.5. The predicted octanol–water partition coefficient (Wildman–Crippen LogP) is 4.04. The van der Waals surface area contributed by atoms with Gasteiger partial charge in [0.15, 0.2) is 5.82 Å². The van der Waals surface area contributed by atoms with Crippen molar-refractivity contribution in [3.8, 4) is 0 Å². The minimum Gasteiger partial charge on any atom is -0.382 e. The molecule has 144 valence electrons. The van der Waals surface area contributed by atoms with Crippen molar-refractivity contribution in [3.05, 3.63) is 78.4 Å². The summed E-state index contributed by atoms with van der Waals surface area (Å²) in [6.45, 7) is 0. The average molecular weight is 386 g/mol. The molecule has 4 rings (SSSR count). The molecule has 3 amide bonds. The number of carbonyl (C=O) groups is 2. The van der Waals surface area contributed by atoms with Crippen LogP contribution in [0, 0.1) is 0 Å². The number of fused-ring (bicyclic) bond motifs is 1. The number of para-hydroxylation sites is 1. The third kappa shape index (κ3) is 4.01. The molecule has 0 saturated heterocycles. The van der Waals surface area contributed by atoms with Crippen molar-refractivity contribution < 1.29 is 9.59 Å². The molecule has 8 heteroatoms. The maximum Gasteiger partial charge on any atom is 0.323 e. The van der Waals surface area contributed by atoms with Crippen molar-refractivity contribution in [2.75, 3.05) is 21.7 Å². The molecule has 0 aliphatic carbocycles. The highest BCUT2D eigenvalue weighted by molar-refractivity contribution is 6.15. The number of hydrogen-bond donors (Lipinski definition) is 5. The van der Waals surface area contributed by atoms with E-state index in [2.05, 4.69) is 26.1 Å². The molecule has 8 nitrogen and oxygen atoms in total. The second-order valence-corrected chi connectivity index (χ2v) is 6.31. The molecule has 0 spiro atoms. The number of H-pyrrole nitrogens is 1. The summed E-state index contributed by atoms with van der Waals surface area (Å²) in [6, 6.07) is 20.8. The standard InChI is InChI=1S/C21H18N6O2/c22-19-18-16(7-4-8-17(18)26-27-19)20(28)23-14-9-11-15(12-10-14)25-21(29)24-13-5-2-1-3-6-13/h1-12H,(H,23,28)(H3,22,26,27)(H2,24,25,29). The zero-order chi connectivity index (χ0) is 20.2. The van der Waals surface area contributed by atoms with Gasteiger partial charge in [-0.3, -0.25) is 9.89 Å². The van der Waals surface area contributed by atoms with Crippen LogP contribution >= 0.6 is 0 Å². The number of aromatic amines is 1. The van der Waals surface area contributed by atoms with E-state index in [1.54, 1.807) is 54.6 Å². The van der Waals surface area contributed by atoms with Crippen LogP contribution in [0.4, 0.5) is 27.7 Å². The van der Waals surface area contributed by atoms with Gasteiger partial charge in [0.1, 0.15) is 0 Å². The molecule has 1 aromatic heterocycles. The van der Waals surface area contributed by atoms with Crippen molar-refractivity contribution >= 4 is 45.7 Å². The highest BCUT2D eigenvalue weighted by atomic mass is 16.2. The maximum absolute atomic E-state index is 12.7. The van der Waals surface area contributed by atoms with Crippen molar-refractivity contribution in [3.63, 3.8) is 0 Å². The zero-order valence-electron chi connectivity index (χ0n) is 15.3. The Morgan fingerprint density at radius 1 is 0.759 bits per heavy atom. The monoisotopic (exact) mass is 386 g/mol. The second-order valence-electron chi connectivity index (χ2n) is 6.31. The van der Waals surface area contributed by atoms with Crippen LogP contribution in [0.25, 0.3) is 10.9 Å². The number of aromatic nitrogens is 2. The van der Waals surface area contributed by atoms with Crippen LogP contribution in [-0.4, -0.2) is 22.1 Å². The summed E-state index contributed by atoms with van der Waals surface area (Å²) in [5, 5.41) is 15.6. The first-order valence-electron chi connectivity index (χ1n) is 8.87. The van der Waals surface area contributed by atoms with Gasteiger partial charge in [0.2, 0.25) is 0 Å². The van der Waals surface area contributed by atoms with E-state index >= 15 is 0 Å². The number of rotatable bonds is 4. The first-order chi connectivity index (χ1) is 14.1. The van der Waals surface area contributed by atoms with Crippen LogP contribution in [-0.2, 0) is 0 Å². The summed E-state index contributed by atoms with van der Waals surface area (Å²) >= 11 is 0. The number of hydrogen-bond acceptors (Lipinski definition) is 4. The van der Waals surface area contributed by atoms with E-state index in [1.165, 1.54) is 0 Å². The SMILES string of the molecule is Nc1n[nH]c2cccc(C(=O)Nc3ccc(NC(=O)Nc4ccccc4)cc3)c12. The highest BCUT2D eigenvalue weighted by Gasteiger charge is 2.14. The quantitative estimate of drug-likeness (QED) is 0.363. The van der Waals surface area contributed by atoms with Crippen molar-refractivity contribution in [1.29, 1.82) is 0 Å². The third-order valence-electron chi connectivity index (χ3n) is 4.29. The number of anilines is 4. The summed E-state index contributed by atoms with van der Waals surface area (Å²) in [4.78, 5) is 24.7. The Morgan fingerprint density at radius 3 is 2.07 bits per heavy atom. The molecule has 6 N–H and O–H groups in total. The minimum absolute atomic E-state index is 0.273. The molecular weight excluding hydrogens is 368 g/mol. The number of carbonyl (C=O) groups excluding carboxylic acids is 2. The van der Waals surface area contributed by atoms with E-state index in [0.29, 0.717) is 33.5 Å². The molecule has 0 unspecified atom stereocenters. The van der Waals surface area contributed by atoms with E-state index in [4.69, 9.17) is 5.73 Å². The Morgan fingerprint density at radius 2 is 1.38 bits per heavy atom. The molecule has 3 aromatic carbocycles. The second kappa shape index (κ2) is 7.73. The van der Waals surface area contributed by atoms with Gasteiger partial charge in [0, 0.05) is 17.1 Å². The summed E-state index contributed by atoms with van der Waals surface area (Å²) in [6.07, 6.45) is 0. The summed E-state index contributed by atoms with van der Waals surface area (Å²) in [7, 11) is 0. The van der Waals surface area contributed by atoms with Crippen molar-refractivity contribution in [2.24, 2.45) is 0 Å². The van der Waals surface area contributed by atoms with Crippen LogP contribution in [0.2, 0.25) is 0 Å². The fourth-order valence-electron chi connectivity index (χ4n) is 2.94. The van der Waals surface area contributed by atoms with E-state index in [0.717, 1.165) is 0 Å². The highest BCUT2D eigenvalue weighted by Crippen LogP contribution is 2.23. The molecule has 1 heterocycles. The minimum atomic E-state index is -0.352. The lowest BCUT2D eigenvalue weighted by Gasteiger charge is -2.09. The number of nitrogen functional groups attached to an aromatic ring is 1. The molecule has 0 fully saturated rings. The lowest BCUT2D eigenvalue weighted by molar-refractivity contribution is 0.102. The van der Waals surface area contributed by atoms with Gasteiger partial charge >= 0.3 is 6.03 Å². The van der Waals surface area contributed by atoms with Gasteiger partial charge < -0.3 is 21.7 Å². The molecule has 29 heavy (non-hydrogen) atoms. The van der Waals surface area contributed by atoms with Gasteiger partial charge in [0.05, 0.1) is 16.5 Å². The zero-order valence-corrected chi connectivity index (χ0v) is 15.3. The molecule has 4 aromatic rings. The number of nitrogens with one attached hydrogen (secondary N) is 4. The van der Waals surface area contributed by atoms with Gasteiger partial charge in [-0.1, -0.05) is 24.3 Å². The first-order valence-corrected chi connectivity index (χ1v) is 8.87. The largest absolute Gasteiger partial charge is 0.382 e. The van der Waals surface area contributed by atoms with Crippen LogP contribution in [0.15, 0.2) is 72.8 Å². The number of urea groups is 1. The molecular formula is C21H18N6O2. The molecule has 0 bridgehead atoms. The average Bonchev–Trinajstić information content (AvgIpc) is 3.11. The van der Waals surface area contributed by atoms with Gasteiger partial charge in [0.25, 0.3) is 5.91 Å². The summed E-state index contributed by atoms with van der Waals surface area (Å²) in [5.74, 6) is -0.0269. The van der Waals surface area contributed by atoms with Crippen LogP contribution in [0.5, 0.6) is 0 Å². The smallest absolute Gasteiger partial charge is 0.323 e. The number of nitrogens with two attached hydrogens (primary N) is 1. The van der Waals surface area contributed by atoms with Gasteiger partial charge in [-0.15, -0.1) is 0 Å². The van der Waals surface area contributed by atoms with E-state index in [-0.39, 0.29) is 17.8 Å². The van der Waals surface area contributed by atoms with E-state index in [9.17, 15) is 9.59 Å². The Bertz CT molecular complexity index is 1170. The fourth-order valence-corrected chi connectivity index (χ4v) is 2.94.